The lowest BCUT2D eigenvalue weighted by atomic mass is 9.98. The van der Waals surface area contributed by atoms with Gasteiger partial charge < -0.3 is 9.47 Å². The molecule has 2 rings (SSSR count). The van der Waals surface area contributed by atoms with Crippen molar-refractivity contribution in [2.45, 2.75) is 57.2 Å². The maximum Gasteiger partial charge on any atom is 0.550 e. The van der Waals surface area contributed by atoms with Crippen molar-refractivity contribution in [3.63, 3.8) is 0 Å². The predicted molar refractivity (Wildman–Crippen MR) is 55.0 cm³/mol. The van der Waals surface area contributed by atoms with Gasteiger partial charge in [0.1, 0.15) is 12.2 Å². The first-order valence-corrected chi connectivity index (χ1v) is 6.00. The van der Waals surface area contributed by atoms with Crippen LogP contribution in [0.5, 0.6) is 0 Å². The van der Waals surface area contributed by atoms with Gasteiger partial charge in [-0.2, -0.15) is 19.4 Å². The lowest BCUT2D eigenvalue weighted by Gasteiger charge is -2.20. The fourth-order valence-corrected chi connectivity index (χ4v) is 1.75. The van der Waals surface area contributed by atoms with E-state index >= 15 is 0 Å². The highest BCUT2D eigenvalue weighted by Gasteiger charge is 2.28. The molecule has 0 aliphatic heterocycles. The molecule has 0 aromatic rings. The van der Waals surface area contributed by atoms with E-state index in [-0.39, 0.29) is 12.2 Å². The standard InChI is InChI=1S/C11H16O6/c12-10(14-8-4-2-1-3-5-8)16-17-11(13)15-9-6-7-9/h8-9H,1-7H2. The summed E-state index contributed by atoms with van der Waals surface area (Å²) in [7, 11) is 0. The summed E-state index contributed by atoms with van der Waals surface area (Å²) in [5, 5.41) is 0. The third-order valence-electron chi connectivity index (χ3n) is 2.78. The van der Waals surface area contributed by atoms with Crippen molar-refractivity contribution in [2.75, 3.05) is 0 Å². The van der Waals surface area contributed by atoms with Crippen molar-refractivity contribution in [3.8, 4) is 0 Å². The number of ether oxygens (including phenoxy) is 2. The normalized spacial score (nSPS) is 20.5. The largest absolute Gasteiger partial charge is 0.550 e. The average Bonchev–Trinajstić information content (AvgIpc) is 3.12. The number of hydrogen-bond acceptors (Lipinski definition) is 6. The molecule has 0 saturated heterocycles. The second kappa shape index (κ2) is 5.75. The maximum atomic E-state index is 11.1. The molecule has 0 aromatic carbocycles. The first kappa shape index (κ1) is 12.0. The Balaban J connectivity index is 1.57. The van der Waals surface area contributed by atoms with Crippen LogP contribution in [-0.4, -0.2) is 24.5 Å². The van der Waals surface area contributed by atoms with Gasteiger partial charge in [0, 0.05) is 0 Å². The van der Waals surface area contributed by atoms with E-state index < -0.39 is 12.3 Å². The van der Waals surface area contributed by atoms with Gasteiger partial charge in [0.05, 0.1) is 0 Å². The second-order valence-electron chi connectivity index (χ2n) is 4.36. The maximum absolute atomic E-state index is 11.1. The summed E-state index contributed by atoms with van der Waals surface area (Å²) in [5.74, 6) is 0. The van der Waals surface area contributed by atoms with Crippen LogP contribution in [0.15, 0.2) is 0 Å². The van der Waals surface area contributed by atoms with E-state index in [0.29, 0.717) is 0 Å². The predicted octanol–water partition coefficient (Wildman–Crippen LogP) is 2.70. The first-order valence-electron chi connectivity index (χ1n) is 6.00. The van der Waals surface area contributed by atoms with Crippen LogP contribution >= 0.6 is 0 Å². The Bertz CT molecular complexity index is 280. The molecule has 0 heterocycles. The lowest BCUT2D eigenvalue weighted by molar-refractivity contribution is -0.223. The summed E-state index contributed by atoms with van der Waals surface area (Å²) in [6.45, 7) is 0. The summed E-state index contributed by atoms with van der Waals surface area (Å²) >= 11 is 0. The van der Waals surface area contributed by atoms with E-state index in [4.69, 9.17) is 9.47 Å². The Morgan fingerprint density at radius 3 is 1.65 bits per heavy atom. The Hall–Kier alpha value is -1.46. The van der Waals surface area contributed by atoms with E-state index in [1.165, 1.54) is 6.42 Å². The first-order chi connectivity index (χ1) is 8.24. The Kier molecular flexibility index (Phi) is 4.06. The van der Waals surface area contributed by atoms with Crippen molar-refractivity contribution in [3.05, 3.63) is 0 Å². The van der Waals surface area contributed by atoms with E-state index in [1.807, 2.05) is 0 Å². The van der Waals surface area contributed by atoms with Crippen molar-refractivity contribution < 1.29 is 28.8 Å². The third-order valence-corrected chi connectivity index (χ3v) is 2.78. The van der Waals surface area contributed by atoms with Crippen molar-refractivity contribution >= 4 is 12.3 Å². The van der Waals surface area contributed by atoms with Crippen molar-refractivity contribution in [1.29, 1.82) is 0 Å². The molecule has 0 amide bonds. The topological polar surface area (TPSA) is 71.1 Å². The van der Waals surface area contributed by atoms with Gasteiger partial charge in [0.2, 0.25) is 0 Å². The van der Waals surface area contributed by atoms with Gasteiger partial charge in [-0.25, -0.2) is 0 Å². The van der Waals surface area contributed by atoms with Gasteiger partial charge in [-0.1, -0.05) is 6.42 Å². The molecule has 2 aliphatic rings. The minimum absolute atomic E-state index is 0.0829. The fraction of sp³-hybridized carbons (Fsp3) is 0.818. The quantitative estimate of drug-likeness (QED) is 0.422. The highest BCUT2D eigenvalue weighted by Crippen LogP contribution is 2.24. The molecule has 0 atom stereocenters. The molecular weight excluding hydrogens is 228 g/mol. The van der Waals surface area contributed by atoms with Gasteiger partial charge in [0.25, 0.3) is 0 Å². The zero-order chi connectivity index (χ0) is 12.1. The smallest absolute Gasteiger partial charge is 0.428 e. The van der Waals surface area contributed by atoms with Crippen molar-refractivity contribution in [2.24, 2.45) is 0 Å². The molecule has 0 N–H and O–H groups in total. The zero-order valence-electron chi connectivity index (χ0n) is 9.55. The Morgan fingerprint density at radius 2 is 1.18 bits per heavy atom. The minimum atomic E-state index is -0.993. The zero-order valence-corrected chi connectivity index (χ0v) is 9.55. The van der Waals surface area contributed by atoms with Crippen LogP contribution in [0.1, 0.15) is 44.9 Å². The second-order valence-corrected chi connectivity index (χ2v) is 4.36. The number of rotatable bonds is 2. The molecule has 0 radical (unpaired) electrons. The number of carbonyl (C=O) groups excluding carboxylic acids is 2. The highest BCUT2D eigenvalue weighted by atomic mass is 17.3. The molecule has 6 heteroatoms. The molecular formula is C11H16O6. The number of hydrogen-bond donors (Lipinski definition) is 0. The van der Waals surface area contributed by atoms with Crippen LogP contribution in [0.25, 0.3) is 0 Å². The van der Waals surface area contributed by atoms with Crippen molar-refractivity contribution in [1.82, 2.24) is 0 Å². The van der Waals surface area contributed by atoms with E-state index in [9.17, 15) is 9.59 Å². The van der Waals surface area contributed by atoms with Crippen LogP contribution in [0.4, 0.5) is 9.59 Å². The van der Waals surface area contributed by atoms with Crippen LogP contribution in [-0.2, 0) is 19.2 Å². The SMILES string of the molecule is O=C(OOC(=O)OC1CC1)OC1CCCCC1. The monoisotopic (exact) mass is 244 g/mol. The summed E-state index contributed by atoms with van der Waals surface area (Å²) in [4.78, 5) is 30.4. The minimum Gasteiger partial charge on any atom is -0.428 e. The summed E-state index contributed by atoms with van der Waals surface area (Å²) in [6, 6.07) is 0. The highest BCUT2D eigenvalue weighted by molar-refractivity contribution is 5.63. The Morgan fingerprint density at radius 1 is 0.706 bits per heavy atom. The third kappa shape index (κ3) is 4.50. The summed E-state index contributed by atoms with van der Waals surface area (Å²) < 4.78 is 9.68. The molecule has 2 aliphatic carbocycles. The van der Waals surface area contributed by atoms with Gasteiger partial charge in [0.15, 0.2) is 0 Å². The number of carbonyl (C=O) groups is 2. The van der Waals surface area contributed by atoms with Crippen LogP contribution in [0.2, 0.25) is 0 Å². The van der Waals surface area contributed by atoms with Gasteiger partial charge in [-0.3, -0.25) is 0 Å². The molecule has 0 unspecified atom stereocenters. The summed E-state index contributed by atoms with van der Waals surface area (Å²) in [5.41, 5.74) is 0. The summed E-state index contributed by atoms with van der Waals surface area (Å²) in [6.07, 6.45) is 4.41. The molecule has 96 valence electrons. The lowest BCUT2D eigenvalue weighted by Crippen LogP contribution is -2.22. The van der Waals surface area contributed by atoms with Gasteiger partial charge in [-0.15, -0.1) is 0 Å². The molecule has 2 fully saturated rings. The molecule has 17 heavy (non-hydrogen) atoms. The van der Waals surface area contributed by atoms with Gasteiger partial charge in [-0.05, 0) is 38.5 Å². The Labute approximate surface area is 99.1 Å². The molecule has 0 aromatic heterocycles. The molecule has 0 bridgehead atoms. The van der Waals surface area contributed by atoms with E-state index in [0.717, 1.165) is 38.5 Å². The van der Waals surface area contributed by atoms with Crippen LogP contribution in [0, 0.1) is 0 Å². The van der Waals surface area contributed by atoms with E-state index in [2.05, 4.69) is 9.78 Å². The van der Waals surface area contributed by atoms with Gasteiger partial charge >= 0.3 is 12.3 Å². The van der Waals surface area contributed by atoms with Crippen LogP contribution < -0.4 is 0 Å². The van der Waals surface area contributed by atoms with E-state index in [1.54, 1.807) is 0 Å². The average molecular weight is 244 g/mol. The molecule has 2 saturated carbocycles. The molecule has 6 nitrogen and oxygen atoms in total. The molecule has 0 spiro atoms. The van der Waals surface area contributed by atoms with Crippen LogP contribution in [0.3, 0.4) is 0 Å². The fourth-order valence-electron chi connectivity index (χ4n) is 1.75.